The second kappa shape index (κ2) is 69.3. The van der Waals surface area contributed by atoms with Crippen LogP contribution in [0.25, 0.3) is 0 Å². The number of phosphoric ester groups is 2. The molecule has 16 nitrogen and oxygen atoms in total. The van der Waals surface area contributed by atoms with Gasteiger partial charge in [-0.05, 0) is 128 Å². The zero-order valence-electron chi connectivity index (χ0n) is 58.8. The summed E-state index contributed by atoms with van der Waals surface area (Å²) in [5.74, 6) is -1.67. The Balaban J connectivity index is 4.52. The molecule has 0 heterocycles. The molecule has 0 aromatic rings. The molecule has 0 aromatic carbocycles. The maximum Gasteiger partial charge on any atom is 0.472 e. The van der Waals surface area contributed by atoms with Crippen molar-refractivity contribution in [2.24, 2.45) is 0 Å². The van der Waals surface area contributed by atoms with E-state index in [9.17, 15) is 43.5 Å². The second-order valence-electron chi connectivity index (χ2n) is 23.6. The van der Waals surface area contributed by atoms with Crippen molar-refractivity contribution < 1.29 is 75.8 Å². The summed E-state index contributed by atoms with van der Waals surface area (Å²) in [5.41, 5.74) is 0. The average Bonchev–Trinajstić information content (AvgIpc) is 3.76. The fourth-order valence-electron chi connectivity index (χ4n) is 9.08. The van der Waals surface area contributed by atoms with Gasteiger partial charge in [-0.1, -0.05) is 263 Å². The highest BCUT2D eigenvalue weighted by molar-refractivity contribution is 7.47. The topological polar surface area (TPSA) is 231 Å². The maximum absolute atomic E-state index is 12.9. The summed E-state index contributed by atoms with van der Waals surface area (Å²) < 4.78 is 60.8. The van der Waals surface area contributed by atoms with Crippen molar-refractivity contribution in [2.75, 3.05) is 39.6 Å². The summed E-state index contributed by atoms with van der Waals surface area (Å²) in [4.78, 5) is 58.4. The van der Waals surface area contributed by atoms with Crippen LogP contribution in [-0.4, -0.2) is 95.9 Å². The number of carbonyl (C=O) groups excluding carboxylic acids is 3. The van der Waals surface area contributed by atoms with Crippen LogP contribution in [0.4, 0.5) is 0 Å². The van der Waals surface area contributed by atoms with Crippen LogP contribution in [0.1, 0.15) is 265 Å². The van der Waals surface area contributed by atoms with E-state index in [1.165, 1.54) is 57.8 Å². The first-order valence-electron chi connectivity index (χ1n) is 36.1. The summed E-state index contributed by atoms with van der Waals surface area (Å²) >= 11 is 0. The van der Waals surface area contributed by atoms with Gasteiger partial charge in [-0.2, -0.15) is 0 Å². The lowest BCUT2D eigenvalue weighted by Crippen LogP contribution is -2.30. The van der Waals surface area contributed by atoms with Crippen LogP contribution in [0.5, 0.6) is 0 Å². The van der Waals surface area contributed by atoms with E-state index in [-0.39, 0.29) is 19.3 Å². The molecule has 0 fully saturated rings. The Kier molecular flexibility index (Phi) is 66.0. The number of hydrogen-bond acceptors (Lipinski definition) is 14. The Morgan fingerprint density at radius 1 is 0.305 bits per heavy atom. The number of phosphoric acid groups is 2. The molecule has 542 valence electrons. The number of carbonyl (C=O) groups is 3. The molecule has 0 aliphatic rings. The lowest BCUT2D eigenvalue weighted by Gasteiger charge is -2.21. The fraction of sp³-hybridized carbons (Fsp3) is 0.649. The first kappa shape index (κ1) is 90.4. The van der Waals surface area contributed by atoms with Gasteiger partial charge in [-0.3, -0.25) is 32.5 Å². The van der Waals surface area contributed by atoms with Gasteiger partial charge in [0, 0.05) is 19.3 Å². The molecule has 0 spiro atoms. The Hall–Kier alpha value is -4.57. The molecule has 5 atom stereocenters. The van der Waals surface area contributed by atoms with Gasteiger partial charge in [0.2, 0.25) is 0 Å². The maximum atomic E-state index is 12.9. The first-order valence-corrected chi connectivity index (χ1v) is 39.1. The summed E-state index contributed by atoms with van der Waals surface area (Å²) in [5, 5.41) is 20.6. The number of hydrogen-bond donors (Lipinski definition) is 4. The van der Waals surface area contributed by atoms with Crippen LogP contribution in [0, 0.1) is 0 Å². The first-order chi connectivity index (χ1) is 46.2. The van der Waals surface area contributed by atoms with Crippen LogP contribution in [-0.2, 0) is 55.8 Å². The number of rotatable bonds is 67. The van der Waals surface area contributed by atoms with Gasteiger partial charge in [0.25, 0.3) is 0 Å². The van der Waals surface area contributed by atoms with Gasteiger partial charge < -0.3 is 34.2 Å². The molecular formula is C77H128O16P2. The Bertz CT molecular complexity index is 2310. The summed E-state index contributed by atoms with van der Waals surface area (Å²) in [7, 11) is -9.80. The van der Waals surface area contributed by atoms with Gasteiger partial charge in [-0.15, -0.1) is 0 Å². The SMILES string of the molecule is CC/C=C\C/C=C\C/C=C\C/C=C\C/C=C\CCCCCCCCCCCCCCCC(=O)OCC(O)COP(=O)(O)OCC(O)COP(=O)(O)OCC(COC(=O)CCC/C=C\C/C=C\C/C=C\C/C=C\C/C=C\CC)OC(=O)CCCCCCC/C=C\C/C=C\CCC. The number of allylic oxidation sites excluding steroid dienone is 24. The Morgan fingerprint density at radius 2 is 0.568 bits per heavy atom. The van der Waals surface area contributed by atoms with E-state index in [1.54, 1.807) is 0 Å². The van der Waals surface area contributed by atoms with E-state index in [1.807, 2.05) is 12.2 Å². The predicted molar refractivity (Wildman–Crippen MR) is 389 cm³/mol. The predicted octanol–water partition coefficient (Wildman–Crippen LogP) is 20.5. The van der Waals surface area contributed by atoms with E-state index < -0.39 is 91.5 Å². The van der Waals surface area contributed by atoms with E-state index in [0.717, 1.165) is 141 Å². The van der Waals surface area contributed by atoms with Crippen LogP contribution < -0.4 is 0 Å². The van der Waals surface area contributed by atoms with E-state index >= 15 is 0 Å². The van der Waals surface area contributed by atoms with Crippen molar-refractivity contribution in [3.8, 4) is 0 Å². The van der Waals surface area contributed by atoms with Crippen molar-refractivity contribution in [1.29, 1.82) is 0 Å². The lowest BCUT2D eigenvalue weighted by atomic mass is 10.0. The van der Waals surface area contributed by atoms with Gasteiger partial charge in [-0.25, -0.2) is 9.13 Å². The molecule has 0 aliphatic carbocycles. The lowest BCUT2D eigenvalue weighted by molar-refractivity contribution is -0.161. The number of ether oxygens (including phenoxy) is 3. The number of esters is 3. The van der Waals surface area contributed by atoms with Crippen molar-refractivity contribution in [1.82, 2.24) is 0 Å². The fourth-order valence-corrected chi connectivity index (χ4v) is 10.7. The van der Waals surface area contributed by atoms with Crippen molar-refractivity contribution in [3.63, 3.8) is 0 Å². The van der Waals surface area contributed by atoms with Gasteiger partial charge in [0.15, 0.2) is 6.10 Å². The quantitative estimate of drug-likeness (QED) is 0.0146. The second-order valence-corrected chi connectivity index (χ2v) is 26.5. The smallest absolute Gasteiger partial charge is 0.463 e. The molecule has 0 saturated carbocycles. The minimum atomic E-state index is -4.94. The van der Waals surface area contributed by atoms with Crippen molar-refractivity contribution >= 4 is 33.6 Å². The van der Waals surface area contributed by atoms with Crippen molar-refractivity contribution in [2.45, 2.75) is 283 Å². The molecule has 18 heteroatoms. The highest BCUT2D eigenvalue weighted by atomic mass is 31.2. The van der Waals surface area contributed by atoms with Gasteiger partial charge in [0.1, 0.15) is 25.4 Å². The number of unbranched alkanes of at least 4 members (excludes halogenated alkanes) is 20. The zero-order valence-corrected chi connectivity index (χ0v) is 60.6. The largest absolute Gasteiger partial charge is 0.472 e. The summed E-state index contributed by atoms with van der Waals surface area (Å²) in [6, 6.07) is 0. The van der Waals surface area contributed by atoms with Crippen LogP contribution >= 0.6 is 15.6 Å². The third kappa shape index (κ3) is 70.6. The Labute approximate surface area is 575 Å². The van der Waals surface area contributed by atoms with Crippen LogP contribution in [0.3, 0.4) is 0 Å². The molecule has 0 rings (SSSR count). The molecule has 0 saturated heterocycles. The average molecular weight is 1370 g/mol. The van der Waals surface area contributed by atoms with Gasteiger partial charge in [0.05, 0.1) is 26.4 Å². The molecular weight excluding hydrogens is 1240 g/mol. The van der Waals surface area contributed by atoms with Gasteiger partial charge >= 0.3 is 33.6 Å². The number of aliphatic hydroxyl groups excluding tert-OH is 2. The molecule has 0 amide bonds. The molecule has 95 heavy (non-hydrogen) atoms. The molecule has 0 bridgehead atoms. The normalized spacial score (nSPS) is 15.0. The minimum absolute atomic E-state index is 0.0722. The Morgan fingerprint density at radius 3 is 0.926 bits per heavy atom. The molecule has 0 aliphatic heterocycles. The van der Waals surface area contributed by atoms with Crippen molar-refractivity contribution in [3.05, 3.63) is 146 Å². The molecule has 5 unspecified atom stereocenters. The number of aliphatic hydroxyl groups is 2. The molecule has 4 N–H and O–H groups in total. The van der Waals surface area contributed by atoms with Crippen LogP contribution in [0.15, 0.2) is 146 Å². The minimum Gasteiger partial charge on any atom is -0.463 e. The standard InChI is InChI=1S/C77H128O16P2/c1-4-7-10-13-16-19-22-25-27-29-30-31-32-33-34-35-36-37-38-39-40-42-44-46-48-51-54-57-60-63-75(80)87-66-72(78)67-89-94(83,84)90-68-73(79)69-91-95(85,86)92-71-74(93-77(82)65-62-59-56-53-50-45-24-21-18-15-12-9-6-3)70-88-76(81)64-61-58-55-52-49-47-43-41-28-26-23-20-17-14-11-8-5-2/h7-8,10-12,15-17,19-21,24-28,30-31,33-34,43,47,52,55,72-74,78-79H,4-6,9,13-14,18,22-23,29,32,35-42,44-46,48-51,53-54,56-71H2,1-3H3,(H,83,84)(H,85,86)/b10-7-,11-8-,15-12-,19-16-,20-17-,24-21-,27-25-,28-26-,31-30-,34-33-,47-43-,55-52-. The summed E-state index contributed by atoms with van der Waals surface area (Å²) in [6.07, 6.45) is 83.5. The highest BCUT2D eigenvalue weighted by Gasteiger charge is 2.29. The van der Waals surface area contributed by atoms with Crippen LogP contribution in [0.2, 0.25) is 0 Å². The molecule has 0 radical (unpaired) electrons. The summed E-state index contributed by atoms with van der Waals surface area (Å²) in [6.45, 7) is 2.27. The monoisotopic (exact) mass is 1370 g/mol. The molecule has 0 aromatic heterocycles. The third-order valence-electron chi connectivity index (χ3n) is 14.5. The highest BCUT2D eigenvalue weighted by Crippen LogP contribution is 2.45. The van der Waals surface area contributed by atoms with E-state index in [2.05, 4.69) is 154 Å². The van der Waals surface area contributed by atoms with E-state index in [4.69, 9.17) is 32.3 Å². The van der Waals surface area contributed by atoms with E-state index in [0.29, 0.717) is 25.7 Å². The third-order valence-corrected chi connectivity index (χ3v) is 16.4. The zero-order chi connectivity index (χ0) is 69.5.